The molecule has 0 radical (unpaired) electrons. The number of hydrogen-bond donors (Lipinski definition) is 2. The molecule has 28 heavy (non-hydrogen) atoms. The van der Waals surface area contributed by atoms with Crippen molar-refractivity contribution >= 4 is 28.7 Å². The first-order valence-corrected chi connectivity index (χ1v) is 8.11. The zero-order valence-electron chi connectivity index (χ0n) is 14.3. The predicted octanol–water partition coefficient (Wildman–Crippen LogP) is 3.49. The number of nitrogens with one attached hydrogen (secondary N) is 2. The molecule has 0 aliphatic carbocycles. The lowest BCUT2D eigenvalue weighted by molar-refractivity contribution is 0.628. The van der Waals surface area contributed by atoms with Gasteiger partial charge in [-0.1, -0.05) is 6.07 Å². The van der Waals surface area contributed by atoms with Gasteiger partial charge in [-0.25, -0.2) is 14.4 Å². The summed E-state index contributed by atoms with van der Waals surface area (Å²) >= 11 is 0. The van der Waals surface area contributed by atoms with Crippen molar-refractivity contribution in [2.45, 2.75) is 0 Å². The minimum Gasteiger partial charge on any atom is -0.339 e. The molecule has 2 N–H and O–H groups in total. The molecule has 0 saturated heterocycles. The molecule has 0 amide bonds. The Bertz CT molecular complexity index is 1250. The molecule has 0 aliphatic heterocycles. The van der Waals surface area contributed by atoms with Crippen LogP contribution >= 0.6 is 0 Å². The van der Waals surface area contributed by atoms with Crippen molar-refractivity contribution < 1.29 is 4.39 Å². The minimum atomic E-state index is -0.546. The lowest BCUT2D eigenvalue weighted by Gasteiger charge is -2.11. The summed E-state index contributed by atoms with van der Waals surface area (Å²) < 4.78 is 15.1. The van der Waals surface area contributed by atoms with E-state index < -0.39 is 5.82 Å². The molecule has 1 aromatic carbocycles. The Morgan fingerprint density at radius 1 is 0.964 bits per heavy atom. The SMILES string of the molecule is N#Cc1cc(F)cc(Nc2cc(Nc3ccccn3)c3ncc(C#N)n3n2)c1. The molecule has 3 heterocycles. The number of pyridine rings is 1. The second-order valence-corrected chi connectivity index (χ2v) is 5.74. The summed E-state index contributed by atoms with van der Waals surface area (Å²) in [5.74, 6) is 0.366. The molecule has 0 aliphatic rings. The molecule has 0 fully saturated rings. The standard InChI is InChI=1S/C19H11FN8/c20-13-5-12(9-21)6-14(7-13)25-18-8-16(26-17-3-1-2-4-23-17)19-24-11-15(10-22)28(19)27-18/h1-8,11H,(H,23,26)(H,25,27). The second-order valence-electron chi connectivity index (χ2n) is 5.74. The summed E-state index contributed by atoms with van der Waals surface area (Å²) in [5.41, 5.74) is 1.75. The van der Waals surface area contributed by atoms with Crippen molar-refractivity contribution in [3.8, 4) is 12.1 Å². The summed E-state index contributed by atoms with van der Waals surface area (Å²) in [4.78, 5) is 8.45. The fraction of sp³-hybridized carbons (Fsp3) is 0. The number of nitriles is 2. The monoisotopic (exact) mass is 370 g/mol. The highest BCUT2D eigenvalue weighted by atomic mass is 19.1. The number of aromatic nitrogens is 4. The number of fused-ring (bicyclic) bond motifs is 1. The van der Waals surface area contributed by atoms with E-state index in [1.54, 1.807) is 24.4 Å². The molecule has 0 atom stereocenters. The third-order valence-electron chi connectivity index (χ3n) is 3.81. The molecular weight excluding hydrogens is 359 g/mol. The van der Waals surface area contributed by atoms with E-state index in [0.29, 0.717) is 28.7 Å². The highest BCUT2D eigenvalue weighted by molar-refractivity contribution is 5.76. The normalized spacial score (nSPS) is 10.2. The summed E-state index contributed by atoms with van der Waals surface area (Å²) in [6.07, 6.45) is 3.05. The molecule has 9 heteroatoms. The summed E-state index contributed by atoms with van der Waals surface area (Å²) in [5, 5.41) is 28.8. The van der Waals surface area contributed by atoms with Crippen LogP contribution in [-0.2, 0) is 0 Å². The van der Waals surface area contributed by atoms with E-state index in [1.807, 2.05) is 18.2 Å². The molecule has 0 spiro atoms. The van der Waals surface area contributed by atoms with Crippen molar-refractivity contribution in [1.82, 2.24) is 19.6 Å². The smallest absolute Gasteiger partial charge is 0.179 e. The van der Waals surface area contributed by atoms with Crippen molar-refractivity contribution in [1.29, 1.82) is 10.5 Å². The molecule has 0 bridgehead atoms. The van der Waals surface area contributed by atoms with Crippen LogP contribution in [0.25, 0.3) is 5.65 Å². The number of halogens is 1. The summed E-state index contributed by atoms with van der Waals surface area (Å²) in [6, 6.07) is 14.9. The van der Waals surface area contributed by atoms with Gasteiger partial charge in [0, 0.05) is 18.0 Å². The number of rotatable bonds is 4. The molecular formula is C19H11FN8. The van der Waals surface area contributed by atoms with Crippen molar-refractivity contribution in [3.05, 3.63) is 71.9 Å². The van der Waals surface area contributed by atoms with E-state index in [4.69, 9.17) is 5.26 Å². The Kier molecular flexibility index (Phi) is 4.25. The van der Waals surface area contributed by atoms with Crippen LogP contribution in [0.3, 0.4) is 0 Å². The average molecular weight is 370 g/mol. The van der Waals surface area contributed by atoms with Crippen molar-refractivity contribution in [2.75, 3.05) is 10.6 Å². The van der Waals surface area contributed by atoms with E-state index in [0.717, 1.165) is 6.07 Å². The van der Waals surface area contributed by atoms with Crippen LogP contribution in [0.4, 0.5) is 27.4 Å². The summed E-state index contributed by atoms with van der Waals surface area (Å²) in [7, 11) is 0. The van der Waals surface area contributed by atoms with Gasteiger partial charge in [0.1, 0.15) is 17.7 Å². The largest absolute Gasteiger partial charge is 0.339 e. The molecule has 3 aromatic heterocycles. The van der Waals surface area contributed by atoms with Crippen molar-refractivity contribution in [3.63, 3.8) is 0 Å². The third-order valence-corrected chi connectivity index (χ3v) is 3.81. The molecule has 134 valence electrons. The first-order chi connectivity index (χ1) is 13.7. The quantitative estimate of drug-likeness (QED) is 0.565. The van der Waals surface area contributed by atoms with E-state index in [1.165, 1.54) is 22.8 Å². The molecule has 4 aromatic rings. The molecule has 0 unspecified atom stereocenters. The number of hydrogen-bond acceptors (Lipinski definition) is 7. The first kappa shape index (κ1) is 16.9. The van der Waals surface area contributed by atoms with Crippen LogP contribution in [0.1, 0.15) is 11.3 Å². The maximum absolute atomic E-state index is 13.7. The highest BCUT2D eigenvalue weighted by Crippen LogP contribution is 2.25. The first-order valence-electron chi connectivity index (χ1n) is 8.11. The number of nitrogens with zero attached hydrogens (tertiary/aromatic N) is 6. The third kappa shape index (κ3) is 3.28. The van der Waals surface area contributed by atoms with Crippen LogP contribution in [0.2, 0.25) is 0 Å². The molecule has 0 saturated carbocycles. The van der Waals surface area contributed by atoms with Crippen LogP contribution < -0.4 is 10.6 Å². The van der Waals surface area contributed by atoms with Gasteiger partial charge >= 0.3 is 0 Å². The van der Waals surface area contributed by atoms with E-state index in [2.05, 4.69) is 25.7 Å². The Morgan fingerprint density at radius 3 is 2.61 bits per heavy atom. The van der Waals surface area contributed by atoms with Crippen LogP contribution in [0.15, 0.2) is 54.9 Å². The minimum absolute atomic E-state index is 0.177. The van der Waals surface area contributed by atoms with Gasteiger partial charge in [0.25, 0.3) is 0 Å². The molecule has 8 nitrogen and oxygen atoms in total. The van der Waals surface area contributed by atoms with Crippen molar-refractivity contribution in [2.24, 2.45) is 0 Å². The fourth-order valence-corrected chi connectivity index (χ4v) is 2.65. The fourth-order valence-electron chi connectivity index (χ4n) is 2.65. The highest BCUT2D eigenvalue weighted by Gasteiger charge is 2.13. The Hall–Kier alpha value is -4.50. The maximum atomic E-state index is 13.7. The summed E-state index contributed by atoms with van der Waals surface area (Å²) in [6.45, 7) is 0. The lowest BCUT2D eigenvalue weighted by Crippen LogP contribution is -2.05. The Morgan fingerprint density at radius 2 is 1.86 bits per heavy atom. The Labute approximate surface area is 158 Å². The van der Waals surface area contributed by atoms with E-state index in [9.17, 15) is 9.65 Å². The van der Waals surface area contributed by atoms with E-state index >= 15 is 0 Å². The van der Waals surface area contributed by atoms with Gasteiger partial charge < -0.3 is 10.6 Å². The lowest BCUT2D eigenvalue weighted by atomic mass is 10.2. The van der Waals surface area contributed by atoms with Gasteiger partial charge in [-0.05, 0) is 30.3 Å². The average Bonchev–Trinajstić information content (AvgIpc) is 3.11. The van der Waals surface area contributed by atoms with Gasteiger partial charge in [-0.15, -0.1) is 5.10 Å². The van der Waals surface area contributed by atoms with Crippen LogP contribution in [-0.4, -0.2) is 19.6 Å². The van der Waals surface area contributed by atoms with Gasteiger partial charge in [-0.3, -0.25) is 0 Å². The number of anilines is 4. The van der Waals surface area contributed by atoms with Crippen LogP contribution in [0.5, 0.6) is 0 Å². The number of imidazole rings is 1. The topological polar surface area (TPSA) is 115 Å². The van der Waals surface area contributed by atoms with Gasteiger partial charge in [0.15, 0.2) is 17.2 Å². The molecule has 4 rings (SSSR count). The van der Waals surface area contributed by atoms with E-state index in [-0.39, 0.29) is 11.3 Å². The second kappa shape index (κ2) is 7.02. The number of benzene rings is 1. The zero-order valence-corrected chi connectivity index (χ0v) is 14.3. The van der Waals surface area contributed by atoms with Gasteiger partial charge in [-0.2, -0.15) is 15.0 Å². The maximum Gasteiger partial charge on any atom is 0.179 e. The van der Waals surface area contributed by atoms with Crippen LogP contribution in [0, 0.1) is 28.5 Å². The zero-order chi connectivity index (χ0) is 19.5. The Balaban J connectivity index is 1.79. The predicted molar refractivity (Wildman–Crippen MR) is 99.6 cm³/mol. The van der Waals surface area contributed by atoms with Gasteiger partial charge in [0.05, 0.1) is 23.5 Å². The van der Waals surface area contributed by atoms with Gasteiger partial charge in [0.2, 0.25) is 0 Å².